The molecule has 0 saturated heterocycles. The van der Waals surface area contributed by atoms with Crippen molar-refractivity contribution in [3.05, 3.63) is 88.7 Å². The fraction of sp³-hybridized carbons (Fsp3) is 0.217. The first-order valence-corrected chi connectivity index (χ1v) is 11.4. The summed E-state index contributed by atoms with van der Waals surface area (Å²) in [5, 5.41) is 0.357. The third-order valence-corrected chi connectivity index (χ3v) is 6.63. The van der Waals surface area contributed by atoms with Crippen molar-refractivity contribution in [2.45, 2.75) is 25.7 Å². The number of anilines is 1. The highest BCUT2D eigenvalue weighted by Crippen LogP contribution is 2.32. The van der Waals surface area contributed by atoms with Gasteiger partial charge < -0.3 is 0 Å². The molecule has 0 N–H and O–H groups in total. The molecule has 156 valence electrons. The summed E-state index contributed by atoms with van der Waals surface area (Å²) in [7, 11) is -3.88. The predicted octanol–water partition coefficient (Wildman–Crippen LogP) is 5.13. The van der Waals surface area contributed by atoms with Crippen LogP contribution in [0.2, 0.25) is 5.02 Å². The number of halogens is 1. The van der Waals surface area contributed by atoms with Gasteiger partial charge in [0, 0.05) is 35.1 Å². The van der Waals surface area contributed by atoms with Gasteiger partial charge in [0.15, 0.2) is 5.78 Å². The molecule has 0 saturated carbocycles. The second-order valence-electron chi connectivity index (χ2n) is 7.42. The second kappa shape index (κ2) is 8.98. The number of rotatable bonds is 7. The minimum Gasteiger partial charge on any atom is -0.289 e. The van der Waals surface area contributed by atoms with Crippen molar-refractivity contribution in [1.29, 1.82) is 0 Å². The molecule has 0 aliphatic carbocycles. The van der Waals surface area contributed by atoms with Crippen LogP contribution in [0.25, 0.3) is 0 Å². The molecule has 0 atom stereocenters. The van der Waals surface area contributed by atoms with E-state index in [0.717, 1.165) is 0 Å². The summed E-state index contributed by atoms with van der Waals surface area (Å²) in [5.74, 6) is -0.269. The van der Waals surface area contributed by atoms with Crippen LogP contribution >= 0.6 is 11.6 Å². The molecule has 0 aliphatic rings. The Hall–Kier alpha value is -2.70. The monoisotopic (exact) mass is 442 g/mol. The Morgan fingerprint density at radius 1 is 1.07 bits per heavy atom. The van der Waals surface area contributed by atoms with Gasteiger partial charge in [0.05, 0.1) is 10.6 Å². The summed E-state index contributed by atoms with van der Waals surface area (Å²) in [6.45, 7) is 5.86. The van der Waals surface area contributed by atoms with E-state index in [1.54, 1.807) is 61.7 Å². The molecule has 0 bridgehead atoms. The Balaban J connectivity index is 2.21. The van der Waals surface area contributed by atoms with Gasteiger partial charge in [-0.3, -0.25) is 14.1 Å². The molecule has 0 spiro atoms. The number of aryl methyl sites for hydroxylation is 1. The number of ketones is 1. The first-order chi connectivity index (χ1) is 14.2. The zero-order valence-corrected chi connectivity index (χ0v) is 18.6. The molecular weight excluding hydrogens is 420 g/mol. The van der Waals surface area contributed by atoms with E-state index in [-0.39, 0.29) is 28.7 Å². The number of aromatic nitrogens is 1. The molecule has 1 aromatic heterocycles. The van der Waals surface area contributed by atoms with Crippen LogP contribution in [0.3, 0.4) is 0 Å². The van der Waals surface area contributed by atoms with E-state index in [4.69, 9.17) is 11.6 Å². The molecular formula is C23H23ClN2O3S. The summed E-state index contributed by atoms with van der Waals surface area (Å²) < 4.78 is 28.3. The maximum atomic E-state index is 13.5. The number of hydrogen-bond donors (Lipinski definition) is 0. The van der Waals surface area contributed by atoms with Crippen LogP contribution in [0, 0.1) is 12.8 Å². The van der Waals surface area contributed by atoms with Gasteiger partial charge in [-0.05, 0) is 54.8 Å². The molecule has 2 aromatic carbocycles. The molecule has 0 fully saturated rings. The van der Waals surface area contributed by atoms with Crippen LogP contribution in [-0.2, 0) is 10.0 Å². The van der Waals surface area contributed by atoms with E-state index in [1.807, 2.05) is 13.8 Å². The zero-order chi connectivity index (χ0) is 21.9. The lowest BCUT2D eigenvalue weighted by Crippen LogP contribution is -2.35. The van der Waals surface area contributed by atoms with Gasteiger partial charge in [-0.25, -0.2) is 8.42 Å². The lowest BCUT2D eigenvalue weighted by Gasteiger charge is -2.28. The van der Waals surface area contributed by atoms with Crippen molar-refractivity contribution in [3.8, 4) is 0 Å². The molecule has 1 heterocycles. The lowest BCUT2D eigenvalue weighted by molar-refractivity contribution is 0.103. The number of carbonyl (C=O) groups excluding carboxylic acids is 1. The van der Waals surface area contributed by atoms with Crippen molar-refractivity contribution in [1.82, 2.24) is 4.98 Å². The largest absolute Gasteiger partial charge is 0.289 e. The molecule has 3 rings (SSSR count). The van der Waals surface area contributed by atoms with Crippen molar-refractivity contribution in [3.63, 3.8) is 0 Å². The van der Waals surface area contributed by atoms with Crippen LogP contribution in [0.4, 0.5) is 5.69 Å². The SMILES string of the molecule is Cc1cnccc1C(=O)c1cc(Cl)ccc1N(CC(C)C)S(=O)(=O)c1ccccc1. The van der Waals surface area contributed by atoms with Crippen molar-refractivity contribution < 1.29 is 13.2 Å². The summed E-state index contributed by atoms with van der Waals surface area (Å²) >= 11 is 6.20. The maximum absolute atomic E-state index is 13.5. The molecule has 0 amide bonds. The quantitative estimate of drug-likeness (QED) is 0.476. The molecule has 3 aromatic rings. The van der Waals surface area contributed by atoms with E-state index >= 15 is 0 Å². The average molecular weight is 443 g/mol. The molecule has 0 unspecified atom stereocenters. The van der Waals surface area contributed by atoms with Crippen LogP contribution < -0.4 is 4.31 Å². The van der Waals surface area contributed by atoms with Gasteiger partial charge in [-0.15, -0.1) is 0 Å². The first kappa shape index (κ1) is 22.0. The maximum Gasteiger partial charge on any atom is 0.264 e. The zero-order valence-electron chi connectivity index (χ0n) is 17.0. The highest BCUT2D eigenvalue weighted by atomic mass is 35.5. The minimum atomic E-state index is -3.88. The van der Waals surface area contributed by atoms with Crippen molar-refractivity contribution in [2.75, 3.05) is 10.8 Å². The number of nitrogens with zero attached hydrogens (tertiary/aromatic N) is 2. The molecule has 0 aliphatic heterocycles. The highest BCUT2D eigenvalue weighted by Gasteiger charge is 2.29. The van der Waals surface area contributed by atoms with Crippen LogP contribution in [0.15, 0.2) is 71.9 Å². The Morgan fingerprint density at radius 3 is 2.40 bits per heavy atom. The van der Waals surface area contributed by atoms with Gasteiger partial charge in [-0.1, -0.05) is 43.6 Å². The molecule has 5 nitrogen and oxygen atoms in total. The number of carbonyl (C=O) groups is 1. The van der Waals surface area contributed by atoms with Crippen LogP contribution in [-0.4, -0.2) is 25.7 Å². The molecule has 30 heavy (non-hydrogen) atoms. The Labute approximate surface area is 182 Å². The summed E-state index contributed by atoms with van der Waals surface area (Å²) in [4.78, 5) is 17.6. The minimum absolute atomic E-state index is 0.0322. The first-order valence-electron chi connectivity index (χ1n) is 9.54. The van der Waals surface area contributed by atoms with Gasteiger partial charge in [-0.2, -0.15) is 0 Å². The predicted molar refractivity (Wildman–Crippen MR) is 120 cm³/mol. The van der Waals surface area contributed by atoms with E-state index in [9.17, 15) is 13.2 Å². The number of sulfonamides is 1. The smallest absolute Gasteiger partial charge is 0.264 e. The van der Waals surface area contributed by atoms with Crippen molar-refractivity contribution >= 4 is 33.1 Å². The molecule has 7 heteroatoms. The van der Waals surface area contributed by atoms with Gasteiger partial charge in [0.1, 0.15) is 0 Å². The average Bonchev–Trinajstić information content (AvgIpc) is 2.72. The second-order valence-corrected chi connectivity index (χ2v) is 9.72. The van der Waals surface area contributed by atoms with Gasteiger partial charge in [0.2, 0.25) is 0 Å². The van der Waals surface area contributed by atoms with E-state index in [0.29, 0.717) is 21.8 Å². The number of pyridine rings is 1. The third-order valence-electron chi connectivity index (χ3n) is 4.60. The Morgan fingerprint density at radius 2 is 1.77 bits per heavy atom. The summed E-state index contributed by atoms with van der Waals surface area (Å²) in [5.41, 5.74) is 1.69. The topological polar surface area (TPSA) is 67.3 Å². The van der Waals surface area contributed by atoms with Crippen LogP contribution in [0.5, 0.6) is 0 Å². The van der Waals surface area contributed by atoms with Crippen molar-refractivity contribution in [2.24, 2.45) is 5.92 Å². The third kappa shape index (κ3) is 4.55. The summed E-state index contributed by atoms with van der Waals surface area (Å²) in [6.07, 6.45) is 3.14. The van der Waals surface area contributed by atoms with E-state index in [2.05, 4.69) is 4.98 Å². The lowest BCUT2D eigenvalue weighted by atomic mass is 9.99. The van der Waals surface area contributed by atoms with Gasteiger partial charge >= 0.3 is 0 Å². The highest BCUT2D eigenvalue weighted by molar-refractivity contribution is 7.92. The normalized spacial score (nSPS) is 11.5. The number of benzene rings is 2. The summed E-state index contributed by atoms with van der Waals surface area (Å²) in [6, 6.07) is 14.5. The fourth-order valence-corrected chi connectivity index (χ4v) is 5.00. The Kier molecular flexibility index (Phi) is 6.58. The Bertz CT molecular complexity index is 1160. The standard InChI is InChI=1S/C23H23ClN2O3S/c1-16(2)15-26(30(28,29)19-7-5-4-6-8-19)22-10-9-18(24)13-21(22)23(27)20-11-12-25-14-17(20)3/h4-14,16H,15H2,1-3H3. The molecule has 0 radical (unpaired) electrons. The van der Waals surface area contributed by atoms with E-state index in [1.165, 1.54) is 16.6 Å². The number of hydrogen-bond acceptors (Lipinski definition) is 4. The fourth-order valence-electron chi connectivity index (χ4n) is 3.16. The van der Waals surface area contributed by atoms with Gasteiger partial charge in [0.25, 0.3) is 10.0 Å². The van der Waals surface area contributed by atoms with E-state index < -0.39 is 10.0 Å². The van der Waals surface area contributed by atoms with Crippen LogP contribution in [0.1, 0.15) is 35.3 Å².